The Morgan fingerprint density at radius 3 is 2.56 bits per heavy atom. The molecule has 0 aliphatic carbocycles. The van der Waals surface area contributed by atoms with E-state index in [0.717, 1.165) is 17.5 Å². The van der Waals surface area contributed by atoms with Crippen molar-refractivity contribution in [2.75, 3.05) is 20.2 Å². The second-order valence-electron chi connectivity index (χ2n) is 6.32. The highest BCUT2D eigenvalue weighted by Gasteiger charge is 2.41. The molecular formula is C19H16FNO5S. The molecule has 6 nitrogen and oxygen atoms in total. The average Bonchev–Trinajstić information content (AvgIpc) is 3.04. The van der Waals surface area contributed by atoms with Crippen molar-refractivity contribution < 1.29 is 26.8 Å². The number of methoxy groups -OCH3 is 1. The maximum Gasteiger partial charge on any atom is 0.289 e. The molecule has 8 heteroatoms. The van der Waals surface area contributed by atoms with Gasteiger partial charge in [-0.05, 0) is 36.4 Å². The first-order valence-electron chi connectivity index (χ1n) is 8.25. The van der Waals surface area contributed by atoms with Crippen LogP contribution in [0.25, 0.3) is 11.0 Å². The minimum absolute atomic E-state index is 0.0504. The number of ether oxygens (including phenoxy) is 1. The molecule has 27 heavy (non-hydrogen) atoms. The normalized spacial score (nSPS) is 15.0. The molecule has 1 fully saturated rings. The van der Waals surface area contributed by atoms with Gasteiger partial charge in [-0.25, -0.2) is 12.8 Å². The van der Waals surface area contributed by atoms with Crippen molar-refractivity contribution in [1.82, 2.24) is 4.90 Å². The third-order valence-corrected chi connectivity index (χ3v) is 6.76. The molecule has 1 aromatic heterocycles. The summed E-state index contributed by atoms with van der Waals surface area (Å²) in [4.78, 5) is 14.1. The molecule has 1 saturated heterocycles. The van der Waals surface area contributed by atoms with Crippen LogP contribution in [0.5, 0.6) is 5.75 Å². The van der Waals surface area contributed by atoms with Gasteiger partial charge < -0.3 is 14.1 Å². The van der Waals surface area contributed by atoms with Crippen molar-refractivity contribution in [1.29, 1.82) is 0 Å². The lowest BCUT2D eigenvalue weighted by Crippen LogP contribution is -2.56. The second-order valence-corrected chi connectivity index (χ2v) is 8.55. The first-order chi connectivity index (χ1) is 12.9. The van der Waals surface area contributed by atoms with E-state index in [1.54, 1.807) is 24.3 Å². The fraction of sp³-hybridized carbons (Fsp3) is 0.211. The number of nitrogens with zero attached hydrogens (tertiary/aromatic N) is 1. The Morgan fingerprint density at radius 1 is 1.19 bits per heavy atom. The van der Waals surface area contributed by atoms with Crippen molar-refractivity contribution in [3.8, 4) is 5.75 Å². The molecule has 1 amide bonds. The molecule has 4 rings (SSSR count). The van der Waals surface area contributed by atoms with Gasteiger partial charge in [0.2, 0.25) is 0 Å². The van der Waals surface area contributed by atoms with Crippen molar-refractivity contribution in [3.63, 3.8) is 0 Å². The number of para-hydroxylation sites is 1. The number of amides is 1. The summed E-state index contributed by atoms with van der Waals surface area (Å²) in [7, 11) is -2.10. The van der Waals surface area contributed by atoms with Crippen LogP contribution in [0.3, 0.4) is 0 Å². The number of fused-ring (bicyclic) bond motifs is 1. The number of halogens is 1. The van der Waals surface area contributed by atoms with E-state index in [1.165, 1.54) is 24.1 Å². The minimum Gasteiger partial charge on any atom is -0.493 e. The minimum atomic E-state index is -3.61. The monoisotopic (exact) mass is 389 g/mol. The van der Waals surface area contributed by atoms with E-state index in [1.807, 2.05) is 0 Å². The lowest BCUT2D eigenvalue weighted by atomic mass is 10.2. The van der Waals surface area contributed by atoms with Crippen molar-refractivity contribution in [2.24, 2.45) is 0 Å². The topological polar surface area (TPSA) is 76.8 Å². The molecule has 3 aromatic rings. The smallest absolute Gasteiger partial charge is 0.289 e. The van der Waals surface area contributed by atoms with Crippen LogP contribution in [0.1, 0.15) is 10.6 Å². The second kappa shape index (κ2) is 6.38. The third kappa shape index (κ3) is 2.95. The number of benzene rings is 2. The van der Waals surface area contributed by atoms with Crippen LogP contribution in [-0.2, 0) is 9.84 Å². The first-order valence-corrected chi connectivity index (χ1v) is 9.80. The highest BCUT2D eigenvalue weighted by Crippen LogP contribution is 2.31. The van der Waals surface area contributed by atoms with E-state index in [9.17, 15) is 17.6 Å². The molecule has 0 saturated carbocycles. The summed E-state index contributed by atoms with van der Waals surface area (Å²) >= 11 is 0. The predicted octanol–water partition coefficient (Wildman–Crippen LogP) is 2.88. The molecule has 2 heterocycles. The molecule has 0 unspecified atom stereocenters. The van der Waals surface area contributed by atoms with Crippen molar-refractivity contribution >= 4 is 26.7 Å². The van der Waals surface area contributed by atoms with Crippen LogP contribution in [0.15, 0.2) is 57.8 Å². The van der Waals surface area contributed by atoms with Crippen LogP contribution in [0, 0.1) is 5.82 Å². The zero-order chi connectivity index (χ0) is 19.2. The van der Waals surface area contributed by atoms with Gasteiger partial charge in [0.15, 0.2) is 26.9 Å². The number of rotatable bonds is 4. The van der Waals surface area contributed by atoms with Gasteiger partial charge >= 0.3 is 0 Å². The summed E-state index contributed by atoms with van der Waals surface area (Å²) in [5, 5.41) is 0.0135. The van der Waals surface area contributed by atoms with Gasteiger partial charge in [-0.15, -0.1) is 0 Å². The molecular weight excluding hydrogens is 373 g/mol. The summed E-state index contributed by atoms with van der Waals surface area (Å²) in [5.41, 5.74) is 0.472. The lowest BCUT2D eigenvalue weighted by Gasteiger charge is -2.38. The average molecular weight is 389 g/mol. The SMILES string of the molecule is COc1cccc2cc(C(=O)N3CC(S(=O)(=O)c4ccc(F)cc4)C3)oc12. The number of furan rings is 1. The quantitative estimate of drug-likeness (QED) is 0.642. The number of carbonyl (C=O) groups is 1. The maximum atomic E-state index is 13.0. The van der Waals surface area contributed by atoms with Crippen LogP contribution >= 0.6 is 0 Å². The molecule has 2 aromatic carbocycles. The molecule has 0 radical (unpaired) electrons. The zero-order valence-corrected chi connectivity index (χ0v) is 15.2. The van der Waals surface area contributed by atoms with Gasteiger partial charge in [0.1, 0.15) is 11.1 Å². The van der Waals surface area contributed by atoms with Gasteiger partial charge in [-0.1, -0.05) is 12.1 Å². The number of likely N-dealkylation sites (tertiary alicyclic amines) is 1. The molecule has 0 spiro atoms. The van der Waals surface area contributed by atoms with E-state index in [0.29, 0.717) is 11.3 Å². The van der Waals surface area contributed by atoms with Gasteiger partial charge in [0.25, 0.3) is 5.91 Å². The summed E-state index contributed by atoms with van der Waals surface area (Å²) in [6.45, 7) is 0.124. The van der Waals surface area contributed by atoms with Crippen LogP contribution in [0.4, 0.5) is 4.39 Å². The van der Waals surface area contributed by atoms with E-state index in [4.69, 9.17) is 9.15 Å². The Bertz CT molecular complexity index is 1110. The Labute approximate surface area is 155 Å². The van der Waals surface area contributed by atoms with Gasteiger partial charge in [-0.2, -0.15) is 0 Å². The highest BCUT2D eigenvalue weighted by atomic mass is 32.2. The maximum absolute atomic E-state index is 13.0. The Hall–Kier alpha value is -2.87. The standard InChI is InChI=1S/C19H16FNO5S/c1-25-16-4-2-3-12-9-17(26-18(12)16)19(22)21-10-15(11-21)27(23,24)14-7-5-13(20)6-8-14/h2-9,15H,10-11H2,1H3. The molecule has 1 aliphatic rings. The van der Waals surface area contributed by atoms with Gasteiger partial charge in [0, 0.05) is 18.5 Å². The zero-order valence-electron chi connectivity index (χ0n) is 14.4. The first kappa shape index (κ1) is 17.5. The van der Waals surface area contributed by atoms with Gasteiger partial charge in [0.05, 0.1) is 12.0 Å². The Kier molecular flexibility index (Phi) is 4.15. The van der Waals surface area contributed by atoms with E-state index in [2.05, 4.69) is 0 Å². The van der Waals surface area contributed by atoms with Crippen molar-refractivity contribution in [2.45, 2.75) is 10.1 Å². The lowest BCUT2D eigenvalue weighted by molar-refractivity contribution is 0.0628. The summed E-state index contributed by atoms with van der Waals surface area (Å²) in [6.07, 6.45) is 0. The number of sulfone groups is 1. The number of carbonyl (C=O) groups excluding carboxylic acids is 1. The molecule has 0 N–H and O–H groups in total. The highest BCUT2D eigenvalue weighted by molar-refractivity contribution is 7.92. The van der Waals surface area contributed by atoms with E-state index in [-0.39, 0.29) is 29.7 Å². The fourth-order valence-electron chi connectivity index (χ4n) is 3.08. The fourth-order valence-corrected chi connectivity index (χ4v) is 4.73. The van der Waals surface area contributed by atoms with Crippen molar-refractivity contribution in [3.05, 3.63) is 60.1 Å². The Morgan fingerprint density at radius 2 is 1.89 bits per heavy atom. The van der Waals surface area contributed by atoms with Crippen LogP contribution in [-0.4, -0.2) is 44.7 Å². The van der Waals surface area contributed by atoms with Gasteiger partial charge in [-0.3, -0.25) is 4.79 Å². The van der Waals surface area contributed by atoms with Crippen LogP contribution in [0.2, 0.25) is 0 Å². The van der Waals surface area contributed by atoms with E-state index < -0.39 is 20.9 Å². The number of hydrogen-bond donors (Lipinski definition) is 0. The van der Waals surface area contributed by atoms with Crippen LogP contribution < -0.4 is 4.74 Å². The largest absolute Gasteiger partial charge is 0.493 e. The predicted molar refractivity (Wildman–Crippen MR) is 96.0 cm³/mol. The molecule has 140 valence electrons. The summed E-state index contributed by atoms with van der Waals surface area (Å²) in [5.74, 6) is -0.224. The van der Waals surface area contributed by atoms with E-state index >= 15 is 0 Å². The third-order valence-electron chi connectivity index (χ3n) is 4.65. The summed E-state index contributed by atoms with van der Waals surface area (Å²) in [6, 6.07) is 11.6. The summed E-state index contributed by atoms with van der Waals surface area (Å²) < 4.78 is 48.9. The Balaban J connectivity index is 1.51. The molecule has 1 aliphatic heterocycles. The molecule has 0 atom stereocenters. The molecule has 0 bridgehead atoms. The number of hydrogen-bond acceptors (Lipinski definition) is 5.